The van der Waals surface area contributed by atoms with Gasteiger partial charge in [0.25, 0.3) is 0 Å². The van der Waals surface area contributed by atoms with E-state index < -0.39 is 0 Å². The number of β-amino-alcohol motifs (C(OH)–C–C–N with tert-alkyl or cyclic N) is 1. The van der Waals surface area contributed by atoms with Crippen molar-refractivity contribution in [1.82, 2.24) is 24.6 Å². The molecule has 0 bridgehead atoms. The molecule has 1 aromatic heterocycles. The Balaban J connectivity index is 1.30. The fraction of sp³-hybridized carbons (Fsp3) is 0.579. The number of rotatable bonds is 3. The molecule has 2 aromatic rings. The van der Waals surface area contributed by atoms with Crippen molar-refractivity contribution in [1.29, 1.82) is 0 Å². The van der Waals surface area contributed by atoms with Crippen molar-refractivity contribution in [2.45, 2.75) is 44.6 Å². The van der Waals surface area contributed by atoms with Crippen LogP contribution in [0.2, 0.25) is 0 Å². The zero-order chi connectivity index (χ0) is 17.7. The molecule has 7 heteroatoms. The second-order valence-corrected chi connectivity index (χ2v) is 7.72. The third-order valence-corrected chi connectivity index (χ3v) is 5.85. The van der Waals surface area contributed by atoms with Gasteiger partial charge < -0.3 is 14.4 Å². The number of aliphatic hydroxyl groups is 1. The van der Waals surface area contributed by atoms with Crippen LogP contribution in [0, 0.1) is 0 Å². The van der Waals surface area contributed by atoms with E-state index in [1.54, 1.807) is 0 Å². The van der Waals surface area contributed by atoms with E-state index in [0.717, 1.165) is 63.0 Å². The molecule has 0 saturated carbocycles. The van der Waals surface area contributed by atoms with E-state index in [4.69, 9.17) is 4.74 Å². The molecule has 7 nitrogen and oxygen atoms in total. The highest BCUT2D eigenvalue weighted by Crippen LogP contribution is 2.31. The summed E-state index contributed by atoms with van der Waals surface area (Å²) in [4.78, 5) is 4.61. The summed E-state index contributed by atoms with van der Waals surface area (Å²) in [7, 11) is 2.05. The van der Waals surface area contributed by atoms with Crippen LogP contribution < -0.4 is 4.74 Å². The van der Waals surface area contributed by atoms with Gasteiger partial charge in [-0.05, 0) is 30.7 Å². The van der Waals surface area contributed by atoms with Gasteiger partial charge in [0.1, 0.15) is 11.6 Å². The predicted molar refractivity (Wildman–Crippen MR) is 95.8 cm³/mol. The molecule has 26 heavy (non-hydrogen) atoms. The number of hydrogen-bond acceptors (Lipinski definition) is 6. The van der Waals surface area contributed by atoms with Crippen LogP contribution in [0.3, 0.4) is 0 Å². The Labute approximate surface area is 153 Å². The van der Waals surface area contributed by atoms with E-state index in [0.29, 0.717) is 6.54 Å². The summed E-state index contributed by atoms with van der Waals surface area (Å²) >= 11 is 0. The highest BCUT2D eigenvalue weighted by atomic mass is 16.5. The van der Waals surface area contributed by atoms with Gasteiger partial charge in [0, 0.05) is 32.6 Å². The molecule has 1 saturated heterocycles. The van der Waals surface area contributed by atoms with Crippen LogP contribution in [0.15, 0.2) is 18.2 Å². The number of likely N-dealkylation sites (N-methyl/N-ethyl adjacent to an activating group) is 1. The van der Waals surface area contributed by atoms with Crippen LogP contribution >= 0.6 is 0 Å². The lowest BCUT2D eigenvalue weighted by molar-refractivity contribution is 0.182. The van der Waals surface area contributed by atoms with E-state index in [9.17, 15) is 5.11 Å². The lowest BCUT2D eigenvalue weighted by Crippen LogP contribution is -2.34. The molecule has 0 aliphatic carbocycles. The molecule has 3 aliphatic heterocycles. The van der Waals surface area contributed by atoms with E-state index in [1.165, 1.54) is 11.1 Å². The zero-order valence-electron chi connectivity index (χ0n) is 15.1. The first-order chi connectivity index (χ1) is 12.7. The average molecular weight is 355 g/mol. The molecule has 5 rings (SSSR count). The minimum absolute atomic E-state index is 0.175. The van der Waals surface area contributed by atoms with Crippen molar-refractivity contribution >= 4 is 0 Å². The summed E-state index contributed by atoms with van der Waals surface area (Å²) in [5.74, 6) is 3.08. The molecule has 3 aliphatic rings. The predicted octanol–water partition coefficient (Wildman–Crippen LogP) is 0.966. The highest BCUT2D eigenvalue weighted by Gasteiger charge is 2.34. The average Bonchev–Trinajstić information content (AvgIpc) is 3.32. The Morgan fingerprint density at radius 1 is 1.27 bits per heavy atom. The van der Waals surface area contributed by atoms with Crippen LogP contribution in [0.5, 0.6) is 5.75 Å². The maximum absolute atomic E-state index is 9.93. The Morgan fingerprint density at radius 3 is 3.04 bits per heavy atom. The summed E-state index contributed by atoms with van der Waals surface area (Å²) in [6, 6.07) is 6.73. The van der Waals surface area contributed by atoms with Gasteiger partial charge in [0.05, 0.1) is 25.3 Å². The number of fused-ring (bicyclic) bond motifs is 2. The number of aromatic nitrogens is 3. The van der Waals surface area contributed by atoms with Crippen molar-refractivity contribution < 1.29 is 9.84 Å². The van der Waals surface area contributed by atoms with Crippen LogP contribution in [-0.2, 0) is 26.1 Å². The molecule has 1 aromatic carbocycles. The third kappa shape index (κ3) is 2.80. The normalized spacial score (nSPS) is 25.9. The minimum atomic E-state index is -0.262. The second-order valence-electron chi connectivity index (χ2n) is 7.72. The van der Waals surface area contributed by atoms with Gasteiger partial charge in [-0.1, -0.05) is 12.1 Å². The van der Waals surface area contributed by atoms with Gasteiger partial charge in [-0.2, -0.15) is 0 Å². The van der Waals surface area contributed by atoms with Crippen molar-refractivity contribution in [3.8, 4) is 5.75 Å². The van der Waals surface area contributed by atoms with Gasteiger partial charge >= 0.3 is 0 Å². The van der Waals surface area contributed by atoms with Crippen LogP contribution in [0.25, 0.3) is 0 Å². The van der Waals surface area contributed by atoms with Crippen molar-refractivity contribution in [2.24, 2.45) is 0 Å². The Morgan fingerprint density at radius 2 is 2.19 bits per heavy atom. The van der Waals surface area contributed by atoms with Crippen LogP contribution in [0.1, 0.15) is 35.2 Å². The number of aliphatic hydroxyl groups excluding tert-OH is 1. The molecule has 0 amide bonds. The van der Waals surface area contributed by atoms with Gasteiger partial charge in [-0.3, -0.25) is 9.80 Å². The van der Waals surface area contributed by atoms with Gasteiger partial charge in [0.2, 0.25) is 0 Å². The molecular formula is C19H25N5O2. The monoisotopic (exact) mass is 355 g/mol. The van der Waals surface area contributed by atoms with Crippen LogP contribution in [-0.4, -0.2) is 62.5 Å². The van der Waals surface area contributed by atoms with Gasteiger partial charge in [0.15, 0.2) is 5.82 Å². The molecule has 2 atom stereocenters. The third-order valence-electron chi connectivity index (χ3n) is 5.85. The summed E-state index contributed by atoms with van der Waals surface area (Å²) in [6.45, 7) is 5.16. The standard InChI is InChI=1S/C19H25N5O2/c1-22-11-15(25)9-16(22)19-21-20-18-12-23(5-6-24(18)19)10-13-2-3-17-14(8-13)4-7-26-17/h2-3,8,15-16,25H,4-7,9-12H2,1H3/t15-,16+/m1/s1. The second kappa shape index (κ2) is 6.33. The van der Waals surface area contributed by atoms with E-state index in [1.807, 2.05) is 0 Å². The first-order valence-electron chi connectivity index (χ1n) is 9.44. The van der Waals surface area contributed by atoms with Crippen molar-refractivity contribution in [2.75, 3.05) is 26.7 Å². The minimum Gasteiger partial charge on any atom is -0.493 e. The molecule has 0 spiro atoms. The Kier molecular flexibility index (Phi) is 3.95. The quantitative estimate of drug-likeness (QED) is 0.885. The molecular weight excluding hydrogens is 330 g/mol. The molecule has 1 N–H and O–H groups in total. The summed E-state index contributed by atoms with van der Waals surface area (Å²) in [5.41, 5.74) is 2.66. The largest absolute Gasteiger partial charge is 0.493 e. The number of ether oxygens (including phenoxy) is 1. The Hall–Kier alpha value is -1.96. The molecule has 0 unspecified atom stereocenters. The fourth-order valence-electron chi connectivity index (χ4n) is 4.48. The summed E-state index contributed by atoms with van der Waals surface area (Å²) < 4.78 is 7.86. The Bertz CT molecular complexity index is 820. The SMILES string of the molecule is CN1C[C@H](O)C[C@H]1c1nnc2n1CCN(Cc1ccc3c(c1)CCO3)C2. The molecule has 0 radical (unpaired) electrons. The molecule has 1 fully saturated rings. The zero-order valence-corrected chi connectivity index (χ0v) is 15.1. The maximum atomic E-state index is 9.93. The number of hydrogen-bond donors (Lipinski definition) is 1. The van der Waals surface area contributed by atoms with Gasteiger partial charge in [-0.25, -0.2) is 0 Å². The topological polar surface area (TPSA) is 66.7 Å². The first-order valence-corrected chi connectivity index (χ1v) is 9.44. The van der Waals surface area contributed by atoms with Crippen LogP contribution in [0.4, 0.5) is 0 Å². The van der Waals surface area contributed by atoms with E-state index >= 15 is 0 Å². The number of benzene rings is 1. The number of nitrogens with zero attached hydrogens (tertiary/aromatic N) is 5. The summed E-state index contributed by atoms with van der Waals surface area (Å²) in [5, 5.41) is 18.9. The van der Waals surface area contributed by atoms with Crippen molar-refractivity contribution in [3.63, 3.8) is 0 Å². The maximum Gasteiger partial charge on any atom is 0.150 e. The summed E-state index contributed by atoms with van der Waals surface area (Å²) in [6.07, 6.45) is 1.50. The first kappa shape index (κ1) is 16.2. The van der Waals surface area contributed by atoms with Gasteiger partial charge in [-0.15, -0.1) is 10.2 Å². The van der Waals surface area contributed by atoms with Crippen molar-refractivity contribution in [3.05, 3.63) is 41.0 Å². The number of likely N-dealkylation sites (tertiary alicyclic amines) is 1. The smallest absolute Gasteiger partial charge is 0.150 e. The highest BCUT2D eigenvalue weighted by molar-refractivity contribution is 5.39. The molecule has 4 heterocycles. The van der Waals surface area contributed by atoms with E-state index in [2.05, 4.69) is 49.8 Å². The lowest BCUT2D eigenvalue weighted by Gasteiger charge is -2.29. The molecule has 138 valence electrons. The van der Waals surface area contributed by atoms with E-state index in [-0.39, 0.29) is 12.1 Å². The lowest BCUT2D eigenvalue weighted by atomic mass is 10.1. The fourth-order valence-corrected chi connectivity index (χ4v) is 4.48.